The lowest BCUT2D eigenvalue weighted by Gasteiger charge is -2.34. The van der Waals surface area contributed by atoms with Crippen LogP contribution < -0.4 is 5.32 Å². The quantitative estimate of drug-likeness (QED) is 0.855. The molecule has 3 fully saturated rings. The first-order valence-electron chi connectivity index (χ1n) is 9.89. The molecule has 27 heavy (non-hydrogen) atoms. The molecule has 1 amide bonds. The zero-order chi connectivity index (χ0) is 19.2. The van der Waals surface area contributed by atoms with E-state index in [9.17, 15) is 13.2 Å². The predicted molar refractivity (Wildman–Crippen MR) is 103 cm³/mol. The van der Waals surface area contributed by atoms with Crippen molar-refractivity contribution in [2.24, 2.45) is 17.8 Å². The minimum atomic E-state index is -3.56. The Bertz CT molecular complexity index is 798. The van der Waals surface area contributed by atoms with E-state index in [2.05, 4.69) is 5.32 Å². The highest BCUT2D eigenvalue weighted by atomic mass is 32.2. The lowest BCUT2D eigenvalue weighted by molar-refractivity contribution is -0.121. The number of carbonyl (C=O) groups is 1. The van der Waals surface area contributed by atoms with Crippen LogP contribution in [0.1, 0.15) is 39.5 Å². The first-order valence-corrected chi connectivity index (χ1v) is 11.3. The van der Waals surface area contributed by atoms with Gasteiger partial charge in [0.2, 0.25) is 15.9 Å². The van der Waals surface area contributed by atoms with Crippen molar-refractivity contribution < 1.29 is 17.9 Å². The van der Waals surface area contributed by atoms with Gasteiger partial charge in [0.15, 0.2) is 0 Å². The second-order valence-corrected chi connectivity index (χ2v) is 10.3. The standard InChI is InChI=1S/C20H28N2O4S/c1-13-11-22(12-14(2)26-13)27(24,25)18-7-5-17(6-8-18)21-20(23)19-10-15-3-4-16(19)9-15/h5-8,13-16,19H,3-4,9-12H2,1-2H3,(H,21,23)/t13-,14-,15+,16+,19+/m1/s1. The maximum atomic E-state index is 12.9. The number of ether oxygens (including phenoxy) is 1. The molecule has 1 aromatic rings. The van der Waals surface area contributed by atoms with E-state index in [1.54, 1.807) is 24.3 Å². The number of nitrogens with one attached hydrogen (secondary N) is 1. The largest absolute Gasteiger partial charge is 0.373 e. The molecule has 0 radical (unpaired) electrons. The molecular formula is C20H28N2O4S. The van der Waals surface area contributed by atoms with Gasteiger partial charge in [-0.15, -0.1) is 0 Å². The average molecular weight is 393 g/mol. The van der Waals surface area contributed by atoms with Crippen molar-refractivity contribution in [3.63, 3.8) is 0 Å². The van der Waals surface area contributed by atoms with Crippen LogP contribution in [0.5, 0.6) is 0 Å². The fourth-order valence-electron chi connectivity index (χ4n) is 4.99. The fraction of sp³-hybridized carbons (Fsp3) is 0.650. The zero-order valence-electron chi connectivity index (χ0n) is 15.9. The topological polar surface area (TPSA) is 75.7 Å². The number of fused-ring (bicyclic) bond motifs is 2. The summed E-state index contributed by atoms with van der Waals surface area (Å²) in [5.41, 5.74) is 0.658. The molecule has 0 unspecified atom stereocenters. The van der Waals surface area contributed by atoms with Crippen molar-refractivity contribution in [1.29, 1.82) is 0 Å². The highest BCUT2D eigenvalue weighted by molar-refractivity contribution is 7.89. The van der Waals surface area contributed by atoms with E-state index >= 15 is 0 Å². The molecule has 1 heterocycles. The summed E-state index contributed by atoms with van der Waals surface area (Å²) in [4.78, 5) is 12.8. The molecule has 0 aromatic heterocycles. The smallest absolute Gasteiger partial charge is 0.243 e. The van der Waals surface area contributed by atoms with Crippen LogP contribution in [-0.2, 0) is 19.6 Å². The number of nitrogens with zero attached hydrogens (tertiary/aromatic N) is 1. The zero-order valence-corrected chi connectivity index (χ0v) is 16.7. The fourth-order valence-corrected chi connectivity index (χ4v) is 6.58. The average Bonchev–Trinajstić information content (AvgIpc) is 3.25. The number of hydrogen-bond acceptors (Lipinski definition) is 4. The Kier molecular flexibility index (Phi) is 5.03. The van der Waals surface area contributed by atoms with Gasteiger partial charge in [-0.05, 0) is 69.2 Å². The highest BCUT2D eigenvalue weighted by Crippen LogP contribution is 2.48. The molecule has 4 rings (SSSR count). The van der Waals surface area contributed by atoms with Gasteiger partial charge in [-0.2, -0.15) is 4.31 Å². The van der Waals surface area contributed by atoms with E-state index < -0.39 is 10.0 Å². The van der Waals surface area contributed by atoms with Gasteiger partial charge in [0.05, 0.1) is 17.1 Å². The third-order valence-electron chi connectivity index (χ3n) is 6.22. The Labute approximate surface area is 161 Å². The van der Waals surface area contributed by atoms with Crippen molar-refractivity contribution >= 4 is 21.6 Å². The number of sulfonamides is 1. The monoisotopic (exact) mass is 392 g/mol. The summed E-state index contributed by atoms with van der Waals surface area (Å²) < 4.78 is 32.9. The van der Waals surface area contributed by atoms with Crippen LogP contribution in [0.2, 0.25) is 0 Å². The molecular weight excluding hydrogens is 364 g/mol. The molecule has 1 aliphatic heterocycles. The Morgan fingerprint density at radius 1 is 1.07 bits per heavy atom. The summed E-state index contributed by atoms with van der Waals surface area (Å²) in [7, 11) is -3.56. The van der Waals surface area contributed by atoms with Crippen molar-refractivity contribution in [1.82, 2.24) is 4.31 Å². The molecule has 1 aromatic carbocycles. The predicted octanol–water partition coefficient (Wildman–Crippen LogP) is 2.86. The van der Waals surface area contributed by atoms with Crippen molar-refractivity contribution in [2.45, 2.75) is 56.6 Å². The van der Waals surface area contributed by atoms with Crippen LogP contribution in [0.15, 0.2) is 29.2 Å². The van der Waals surface area contributed by atoms with Gasteiger partial charge in [-0.1, -0.05) is 6.42 Å². The number of benzene rings is 1. The third kappa shape index (κ3) is 3.77. The molecule has 5 atom stereocenters. The number of anilines is 1. The number of carbonyl (C=O) groups excluding carboxylic acids is 1. The van der Waals surface area contributed by atoms with E-state index in [0.29, 0.717) is 24.7 Å². The van der Waals surface area contributed by atoms with Crippen LogP contribution in [0.3, 0.4) is 0 Å². The van der Waals surface area contributed by atoms with E-state index in [4.69, 9.17) is 4.74 Å². The van der Waals surface area contributed by atoms with Gasteiger partial charge in [0, 0.05) is 24.7 Å². The first-order chi connectivity index (χ1) is 12.8. The molecule has 1 saturated heterocycles. The Balaban J connectivity index is 1.43. The Morgan fingerprint density at radius 2 is 1.74 bits per heavy atom. The number of hydrogen-bond donors (Lipinski definition) is 1. The summed E-state index contributed by atoms with van der Waals surface area (Å²) in [5, 5.41) is 2.97. The molecule has 3 aliphatic rings. The minimum Gasteiger partial charge on any atom is -0.373 e. The molecule has 0 spiro atoms. The second kappa shape index (κ2) is 7.18. The molecule has 2 saturated carbocycles. The Hall–Kier alpha value is -1.44. The second-order valence-electron chi connectivity index (χ2n) is 8.37. The highest BCUT2D eigenvalue weighted by Gasteiger charge is 2.43. The van der Waals surface area contributed by atoms with Crippen LogP contribution in [-0.4, -0.2) is 43.9 Å². The third-order valence-corrected chi connectivity index (χ3v) is 8.07. The summed E-state index contributed by atoms with van der Waals surface area (Å²) in [5.74, 6) is 1.44. The number of morpholine rings is 1. The lowest BCUT2D eigenvalue weighted by Crippen LogP contribution is -2.48. The molecule has 6 nitrogen and oxygen atoms in total. The van der Waals surface area contributed by atoms with Crippen molar-refractivity contribution in [3.8, 4) is 0 Å². The van der Waals surface area contributed by atoms with Crippen LogP contribution in [0.4, 0.5) is 5.69 Å². The molecule has 148 valence electrons. The summed E-state index contributed by atoms with van der Waals surface area (Å²) in [6, 6.07) is 6.53. The summed E-state index contributed by atoms with van der Waals surface area (Å²) in [6.07, 6.45) is 4.37. The van der Waals surface area contributed by atoms with E-state index in [-0.39, 0.29) is 28.9 Å². The van der Waals surface area contributed by atoms with Crippen molar-refractivity contribution in [3.05, 3.63) is 24.3 Å². The van der Waals surface area contributed by atoms with Gasteiger partial charge >= 0.3 is 0 Å². The molecule has 2 aliphatic carbocycles. The Morgan fingerprint density at radius 3 is 2.30 bits per heavy atom. The van der Waals surface area contributed by atoms with Crippen LogP contribution >= 0.6 is 0 Å². The SMILES string of the molecule is C[C@@H]1CN(S(=O)(=O)c2ccc(NC(=O)[C@H]3C[C@H]4CC[C@H]3C4)cc2)C[C@@H](C)O1. The minimum absolute atomic E-state index is 0.0774. The first kappa shape index (κ1) is 18.9. The van der Waals surface area contributed by atoms with E-state index in [1.807, 2.05) is 13.8 Å². The molecule has 7 heteroatoms. The summed E-state index contributed by atoms with van der Waals surface area (Å²) in [6.45, 7) is 4.48. The van der Waals surface area contributed by atoms with E-state index in [0.717, 1.165) is 18.8 Å². The summed E-state index contributed by atoms with van der Waals surface area (Å²) >= 11 is 0. The maximum Gasteiger partial charge on any atom is 0.243 e. The van der Waals surface area contributed by atoms with Gasteiger partial charge in [-0.3, -0.25) is 4.79 Å². The van der Waals surface area contributed by atoms with Crippen LogP contribution in [0.25, 0.3) is 0 Å². The lowest BCUT2D eigenvalue weighted by atomic mass is 9.88. The molecule has 2 bridgehead atoms. The molecule has 1 N–H and O–H groups in total. The number of amides is 1. The van der Waals surface area contributed by atoms with E-state index in [1.165, 1.54) is 17.1 Å². The van der Waals surface area contributed by atoms with Gasteiger partial charge in [-0.25, -0.2) is 8.42 Å². The number of rotatable bonds is 4. The van der Waals surface area contributed by atoms with Gasteiger partial charge in [0.1, 0.15) is 0 Å². The van der Waals surface area contributed by atoms with Crippen molar-refractivity contribution in [2.75, 3.05) is 18.4 Å². The normalized spacial score (nSPS) is 33.9. The van der Waals surface area contributed by atoms with Gasteiger partial charge in [0.25, 0.3) is 0 Å². The van der Waals surface area contributed by atoms with Crippen LogP contribution in [0, 0.1) is 17.8 Å². The maximum absolute atomic E-state index is 12.9. The van der Waals surface area contributed by atoms with Gasteiger partial charge < -0.3 is 10.1 Å².